The molecule has 0 radical (unpaired) electrons. The Labute approximate surface area is 111 Å². The number of halogens is 2. The number of carbonyl (C=O) groups is 1. The summed E-state index contributed by atoms with van der Waals surface area (Å²) in [6, 6.07) is 3.85. The number of rotatable bonds is 6. The molecule has 0 bridgehead atoms. The average molecular weight is 272 g/mol. The zero-order chi connectivity index (χ0) is 14.4. The summed E-state index contributed by atoms with van der Waals surface area (Å²) < 4.78 is 36.5. The minimum Gasteiger partial charge on any atom is -0.467 e. The van der Waals surface area contributed by atoms with Crippen LogP contribution in [0.2, 0.25) is 0 Å². The van der Waals surface area contributed by atoms with Gasteiger partial charge in [0.05, 0.1) is 13.7 Å². The summed E-state index contributed by atoms with van der Waals surface area (Å²) in [6.45, 7) is 3.57. The Kier molecular flexibility index (Phi) is 5.89. The van der Waals surface area contributed by atoms with Crippen molar-refractivity contribution in [2.45, 2.75) is 33.0 Å². The van der Waals surface area contributed by atoms with Crippen LogP contribution in [0.4, 0.5) is 8.78 Å². The maximum atomic E-state index is 13.4. The van der Waals surface area contributed by atoms with E-state index in [1.165, 1.54) is 19.2 Å². The van der Waals surface area contributed by atoms with E-state index in [0.717, 1.165) is 6.07 Å². The van der Waals surface area contributed by atoms with E-state index in [1.54, 1.807) is 0 Å². The summed E-state index contributed by atoms with van der Waals surface area (Å²) in [6.07, 6.45) is -0.0662. The van der Waals surface area contributed by atoms with E-state index in [9.17, 15) is 13.6 Å². The SMILES string of the molecule is CC[C@H](C)[C@H](OCc1cccc(F)c1F)C(=O)OC. The van der Waals surface area contributed by atoms with Crippen molar-refractivity contribution in [2.24, 2.45) is 5.92 Å². The summed E-state index contributed by atoms with van der Waals surface area (Å²) in [5, 5.41) is 0. The molecule has 19 heavy (non-hydrogen) atoms. The van der Waals surface area contributed by atoms with Gasteiger partial charge in [0.15, 0.2) is 17.7 Å². The van der Waals surface area contributed by atoms with Crippen LogP contribution in [0.25, 0.3) is 0 Å². The second kappa shape index (κ2) is 7.19. The van der Waals surface area contributed by atoms with Crippen LogP contribution >= 0.6 is 0 Å². The van der Waals surface area contributed by atoms with Crippen LogP contribution < -0.4 is 0 Å². The molecule has 0 N–H and O–H groups in total. The van der Waals surface area contributed by atoms with Crippen LogP contribution in [0.15, 0.2) is 18.2 Å². The van der Waals surface area contributed by atoms with Crippen LogP contribution in [0.1, 0.15) is 25.8 Å². The molecule has 5 heteroatoms. The fourth-order valence-corrected chi connectivity index (χ4v) is 1.63. The van der Waals surface area contributed by atoms with Gasteiger partial charge in [0.1, 0.15) is 0 Å². The van der Waals surface area contributed by atoms with E-state index in [0.29, 0.717) is 6.42 Å². The van der Waals surface area contributed by atoms with Crippen molar-refractivity contribution < 1.29 is 23.0 Å². The Bertz CT molecular complexity index is 435. The first kappa shape index (κ1) is 15.6. The fraction of sp³-hybridized carbons (Fsp3) is 0.500. The minimum absolute atomic E-state index is 0.0657. The molecule has 1 aromatic rings. The van der Waals surface area contributed by atoms with Crippen LogP contribution in [0, 0.1) is 17.6 Å². The molecule has 106 valence electrons. The predicted molar refractivity (Wildman–Crippen MR) is 66.4 cm³/mol. The number of carbonyl (C=O) groups excluding carboxylic acids is 1. The summed E-state index contributed by atoms with van der Waals surface area (Å²) >= 11 is 0. The number of hydrogen-bond acceptors (Lipinski definition) is 3. The van der Waals surface area contributed by atoms with Gasteiger partial charge in [-0.15, -0.1) is 0 Å². The van der Waals surface area contributed by atoms with Crippen molar-refractivity contribution >= 4 is 5.97 Å². The van der Waals surface area contributed by atoms with Gasteiger partial charge in [-0.25, -0.2) is 13.6 Å². The molecule has 0 heterocycles. The van der Waals surface area contributed by atoms with Crippen LogP contribution in [-0.4, -0.2) is 19.2 Å². The second-order valence-electron chi connectivity index (χ2n) is 4.35. The third-order valence-electron chi connectivity index (χ3n) is 3.04. The standard InChI is InChI=1S/C14H18F2O3/c1-4-9(2)13(14(17)18-3)19-8-10-6-5-7-11(15)12(10)16/h5-7,9,13H,4,8H2,1-3H3/t9-,13-/m0/s1. The molecule has 1 rings (SSSR count). The van der Waals surface area contributed by atoms with Gasteiger partial charge in [-0.05, 0) is 12.0 Å². The summed E-state index contributed by atoms with van der Waals surface area (Å²) in [5.41, 5.74) is 0.0807. The third-order valence-corrected chi connectivity index (χ3v) is 3.04. The highest BCUT2D eigenvalue weighted by molar-refractivity contribution is 5.74. The van der Waals surface area contributed by atoms with Gasteiger partial charge in [-0.1, -0.05) is 32.4 Å². The van der Waals surface area contributed by atoms with E-state index < -0.39 is 23.7 Å². The Balaban J connectivity index is 2.76. The van der Waals surface area contributed by atoms with Crippen LogP contribution in [-0.2, 0) is 20.9 Å². The van der Waals surface area contributed by atoms with E-state index in [-0.39, 0.29) is 18.1 Å². The smallest absolute Gasteiger partial charge is 0.335 e. The van der Waals surface area contributed by atoms with Crippen molar-refractivity contribution in [3.63, 3.8) is 0 Å². The first-order valence-electron chi connectivity index (χ1n) is 6.13. The first-order valence-corrected chi connectivity index (χ1v) is 6.13. The zero-order valence-electron chi connectivity index (χ0n) is 11.3. The Morgan fingerprint density at radius 2 is 2.05 bits per heavy atom. The van der Waals surface area contributed by atoms with Crippen molar-refractivity contribution in [1.82, 2.24) is 0 Å². The van der Waals surface area contributed by atoms with Crippen LogP contribution in [0.5, 0.6) is 0 Å². The van der Waals surface area contributed by atoms with Gasteiger partial charge in [0.2, 0.25) is 0 Å². The molecule has 0 aliphatic carbocycles. The van der Waals surface area contributed by atoms with E-state index in [1.807, 2.05) is 13.8 Å². The van der Waals surface area contributed by atoms with Crippen molar-refractivity contribution in [3.05, 3.63) is 35.4 Å². The van der Waals surface area contributed by atoms with Crippen molar-refractivity contribution in [2.75, 3.05) is 7.11 Å². The highest BCUT2D eigenvalue weighted by Gasteiger charge is 2.26. The maximum absolute atomic E-state index is 13.4. The molecule has 1 aromatic carbocycles. The number of hydrogen-bond donors (Lipinski definition) is 0. The van der Waals surface area contributed by atoms with Crippen molar-refractivity contribution in [1.29, 1.82) is 0 Å². The summed E-state index contributed by atoms with van der Waals surface area (Å²) in [4.78, 5) is 11.6. The zero-order valence-corrected chi connectivity index (χ0v) is 11.3. The van der Waals surface area contributed by atoms with Gasteiger partial charge in [-0.2, -0.15) is 0 Å². The molecule has 0 aromatic heterocycles. The molecule has 0 aliphatic rings. The molecule has 2 atom stereocenters. The monoisotopic (exact) mass is 272 g/mol. The van der Waals surface area contributed by atoms with Crippen LogP contribution in [0.3, 0.4) is 0 Å². The van der Waals surface area contributed by atoms with Gasteiger partial charge in [0, 0.05) is 5.56 Å². The molecule has 0 aliphatic heterocycles. The van der Waals surface area contributed by atoms with Gasteiger partial charge >= 0.3 is 5.97 Å². The lowest BCUT2D eigenvalue weighted by Gasteiger charge is -2.21. The minimum atomic E-state index is -0.949. The third kappa shape index (κ3) is 3.99. The molecule has 0 saturated carbocycles. The summed E-state index contributed by atoms with van der Waals surface area (Å²) in [7, 11) is 1.27. The molecule has 0 unspecified atom stereocenters. The van der Waals surface area contributed by atoms with E-state index in [4.69, 9.17) is 4.74 Å². The number of methoxy groups -OCH3 is 1. The van der Waals surface area contributed by atoms with Gasteiger partial charge in [0.25, 0.3) is 0 Å². The Morgan fingerprint density at radius 3 is 2.63 bits per heavy atom. The number of benzene rings is 1. The highest BCUT2D eigenvalue weighted by atomic mass is 19.2. The lowest BCUT2D eigenvalue weighted by atomic mass is 10.0. The second-order valence-corrected chi connectivity index (χ2v) is 4.35. The largest absolute Gasteiger partial charge is 0.467 e. The lowest BCUT2D eigenvalue weighted by molar-refractivity contribution is -0.158. The molecular formula is C14H18F2O3. The van der Waals surface area contributed by atoms with E-state index >= 15 is 0 Å². The normalized spacial score (nSPS) is 13.9. The molecule has 3 nitrogen and oxygen atoms in total. The number of ether oxygens (including phenoxy) is 2. The Morgan fingerprint density at radius 1 is 1.37 bits per heavy atom. The van der Waals surface area contributed by atoms with Gasteiger partial charge in [-0.3, -0.25) is 0 Å². The number of esters is 1. The molecule has 0 amide bonds. The predicted octanol–water partition coefficient (Wildman–Crippen LogP) is 3.07. The first-order chi connectivity index (χ1) is 9.01. The van der Waals surface area contributed by atoms with E-state index in [2.05, 4.69) is 4.74 Å². The maximum Gasteiger partial charge on any atom is 0.335 e. The van der Waals surface area contributed by atoms with Gasteiger partial charge < -0.3 is 9.47 Å². The Hall–Kier alpha value is -1.49. The highest BCUT2D eigenvalue weighted by Crippen LogP contribution is 2.18. The molecule has 0 fully saturated rings. The molecular weight excluding hydrogens is 254 g/mol. The molecule has 0 saturated heterocycles. The quantitative estimate of drug-likeness (QED) is 0.747. The topological polar surface area (TPSA) is 35.5 Å². The average Bonchev–Trinajstić information content (AvgIpc) is 2.42. The van der Waals surface area contributed by atoms with Crippen molar-refractivity contribution in [3.8, 4) is 0 Å². The lowest BCUT2D eigenvalue weighted by Crippen LogP contribution is -2.32. The fourth-order valence-electron chi connectivity index (χ4n) is 1.63. The molecule has 0 spiro atoms. The summed E-state index contributed by atoms with van der Waals surface area (Å²) in [5.74, 6) is -2.45.